The van der Waals surface area contributed by atoms with Gasteiger partial charge in [0, 0.05) is 10.9 Å². The number of carbonyl (C=O) groups excluding carboxylic acids is 1. The summed E-state index contributed by atoms with van der Waals surface area (Å²) in [5.74, 6) is 0.0590. The minimum atomic E-state index is -0.615. The van der Waals surface area contributed by atoms with E-state index in [1.54, 1.807) is 18.2 Å². The van der Waals surface area contributed by atoms with Gasteiger partial charge in [-0.2, -0.15) is 4.68 Å². The van der Waals surface area contributed by atoms with Gasteiger partial charge in [0.05, 0.1) is 37.9 Å². The molecule has 8 nitrogen and oxygen atoms in total. The van der Waals surface area contributed by atoms with Crippen molar-refractivity contribution in [2.45, 2.75) is 6.54 Å². The molecule has 0 bridgehead atoms. The third kappa shape index (κ3) is 3.76. The lowest BCUT2D eigenvalue weighted by Crippen LogP contribution is -2.17. The van der Waals surface area contributed by atoms with E-state index in [0.29, 0.717) is 27.5 Å². The van der Waals surface area contributed by atoms with Gasteiger partial charge in [0.2, 0.25) is 0 Å². The Bertz CT molecular complexity index is 1040. The number of halogens is 1. The molecule has 0 N–H and O–H groups in total. The molecule has 0 saturated carbocycles. The summed E-state index contributed by atoms with van der Waals surface area (Å²) in [4.78, 5) is 24.5. The Hall–Kier alpha value is -2.59. The fraction of sp³-hybridized carbons (Fsp3) is 0.235. The minimum Gasteiger partial charge on any atom is -0.496 e. The predicted molar refractivity (Wildman–Crippen MR) is 102 cm³/mol. The van der Waals surface area contributed by atoms with Crippen molar-refractivity contribution < 1.29 is 23.4 Å². The quantitative estimate of drug-likeness (QED) is 0.527. The van der Waals surface area contributed by atoms with Crippen molar-refractivity contribution in [3.63, 3.8) is 0 Å². The van der Waals surface area contributed by atoms with Gasteiger partial charge in [-0.05, 0) is 28.1 Å². The van der Waals surface area contributed by atoms with E-state index in [2.05, 4.69) is 21.0 Å². The molecule has 0 fully saturated rings. The summed E-state index contributed by atoms with van der Waals surface area (Å²) >= 11 is 4.71. The van der Waals surface area contributed by atoms with E-state index >= 15 is 0 Å². The van der Waals surface area contributed by atoms with E-state index < -0.39 is 11.7 Å². The average molecular weight is 455 g/mol. The number of benzene rings is 1. The Balaban J connectivity index is 1.94. The molecule has 10 heteroatoms. The lowest BCUT2D eigenvalue weighted by Gasteiger charge is -2.09. The lowest BCUT2D eigenvalue weighted by atomic mass is 10.1. The summed E-state index contributed by atoms with van der Waals surface area (Å²) in [5, 5.41) is 6.07. The van der Waals surface area contributed by atoms with Crippen molar-refractivity contribution in [3.8, 4) is 22.3 Å². The van der Waals surface area contributed by atoms with E-state index in [0.717, 1.165) is 4.47 Å². The van der Waals surface area contributed by atoms with Crippen LogP contribution in [0.4, 0.5) is 0 Å². The smallest absolute Gasteiger partial charge is 0.437 e. The highest BCUT2D eigenvalue weighted by molar-refractivity contribution is 9.10. The largest absolute Gasteiger partial charge is 0.496 e. The number of esters is 1. The molecule has 1 aromatic carbocycles. The van der Waals surface area contributed by atoms with E-state index in [-0.39, 0.29) is 12.4 Å². The summed E-state index contributed by atoms with van der Waals surface area (Å²) in [7, 11) is 4.31. The van der Waals surface area contributed by atoms with Crippen LogP contribution >= 0.6 is 27.3 Å². The molecule has 0 aliphatic rings. The Labute approximate surface area is 166 Å². The number of ether oxygens (including phenoxy) is 3. The molecular weight excluding hydrogens is 440 g/mol. The van der Waals surface area contributed by atoms with Crippen LogP contribution in [0.5, 0.6) is 11.5 Å². The van der Waals surface area contributed by atoms with Gasteiger partial charge >= 0.3 is 11.7 Å². The van der Waals surface area contributed by atoms with E-state index in [4.69, 9.17) is 18.6 Å². The van der Waals surface area contributed by atoms with Crippen LogP contribution in [0.3, 0.4) is 0 Å². The van der Waals surface area contributed by atoms with Crippen molar-refractivity contribution in [2.75, 3.05) is 21.3 Å². The van der Waals surface area contributed by atoms with Crippen LogP contribution in [-0.2, 0) is 11.3 Å². The standard InChI is InChI=1S/C17H15BrN2O6S/c1-23-12-6-9(16(21)25-3)4-5-10(12)7-20-17(22)26-15(19-20)14-13(24-2)11(18)8-27-14/h4-6,8H,7H2,1-3H3. The molecule has 0 spiro atoms. The second-order valence-electron chi connectivity index (χ2n) is 5.29. The first-order valence-electron chi connectivity index (χ1n) is 7.63. The van der Waals surface area contributed by atoms with Crippen molar-refractivity contribution in [1.82, 2.24) is 9.78 Å². The minimum absolute atomic E-state index is 0.113. The molecule has 0 aliphatic heterocycles. The molecule has 0 saturated heterocycles. The van der Waals surface area contributed by atoms with E-state index in [1.807, 2.05) is 5.38 Å². The normalized spacial score (nSPS) is 10.7. The van der Waals surface area contributed by atoms with Crippen LogP contribution in [0.2, 0.25) is 0 Å². The molecule has 3 rings (SSSR count). The maximum absolute atomic E-state index is 12.2. The Morgan fingerprint density at radius 2 is 2.07 bits per heavy atom. The summed E-state index contributed by atoms with van der Waals surface area (Å²) in [6.45, 7) is 0.113. The molecule has 3 aromatic rings. The number of hydrogen-bond acceptors (Lipinski definition) is 8. The first-order chi connectivity index (χ1) is 13.0. The second kappa shape index (κ2) is 7.97. The van der Waals surface area contributed by atoms with Gasteiger partial charge in [0.1, 0.15) is 10.6 Å². The van der Waals surface area contributed by atoms with Gasteiger partial charge in [-0.25, -0.2) is 9.59 Å². The van der Waals surface area contributed by atoms with Crippen molar-refractivity contribution >= 4 is 33.2 Å². The first-order valence-corrected chi connectivity index (χ1v) is 9.30. The third-order valence-corrected chi connectivity index (χ3v) is 5.58. The van der Waals surface area contributed by atoms with Crippen molar-refractivity contribution in [1.29, 1.82) is 0 Å². The summed E-state index contributed by atoms with van der Waals surface area (Å²) in [5.41, 5.74) is 1.01. The number of methoxy groups -OCH3 is 3. The monoisotopic (exact) mass is 454 g/mol. The molecule has 27 heavy (non-hydrogen) atoms. The summed E-state index contributed by atoms with van der Waals surface area (Å²) < 4.78 is 22.5. The van der Waals surface area contributed by atoms with Crippen LogP contribution in [-0.4, -0.2) is 37.1 Å². The van der Waals surface area contributed by atoms with E-state index in [9.17, 15) is 9.59 Å². The van der Waals surface area contributed by atoms with Crippen LogP contribution in [0.25, 0.3) is 10.8 Å². The molecule has 0 aliphatic carbocycles. The average Bonchev–Trinajstić information content (AvgIpc) is 3.23. The van der Waals surface area contributed by atoms with Gasteiger partial charge in [0.25, 0.3) is 5.89 Å². The number of thiophene rings is 1. The zero-order valence-electron chi connectivity index (χ0n) is 14.6. The number of nitrogens with zero attached hydrogens (tertiary/aromatic N) is 2. The fourth-order valence-corrected chi connectivity index (χ4v) is 4.03. The fourth-order valence-electron chi connectivity index (χ4n) is 2.44. The molecule has 0 amide bonds. The molecule has 0 radical (unpaired) electrons. The number of aromatic nitrogens is 2. The van der Waals surface area contributed by atoms with Gasteiger partial charge < -0.3 is 18.6 Å². The highest BCUT2D eigenvalue weighted by atomic mass is 79.9. The van der Waals surface area contributed by atoms with Crippen LogP contribution in [0.15, 0.2) is 37.3 Å². The van der Waals surface area contributed by atoms with Crippen molar-refractivity contribution in [3.05, 3.63) is 49.7 Å². The van der Waals surface area contributed by atoms with Gasteiger partial charge in [-0.15, -0.1) is 16.4 Å². The molecule has 2 aromatic heterocycles. The molecule has 142 valence electrons. The van der Waals surface area contributed by atoms with Crippen molar-refractivity contribution in [2.24, 2.45) is 0 Å². The molecule has 0 atom stereocenters. The zero-order chi connectivity index (χ0) is 19.6. The van der Waals surface area contributed by atoms with Gasteiger partial charge in [-0.1, -0.05) is 6.07 Å². The number of rotatable bonds is 6. The second-order valence-corrected chi connectivity index (χ2v) is 7.03. The van der Waals surface area contributed by atoms with Gasteiger partial charge in [-0.3, -0.25) is 0 Å². The maximum atomic E-state index is 12.2. The zero-order valence-corrected chi connectivity index (χ0v) is 17.0. The molecule has 0 unspecified atom stereocenters. The highest BCUT2D eigenvalue weighted by Crippen LogP contribution is 2.40. The maximum Gasteiger partial charge on any atom is 0.437 e. The SMILES string of the molecule is COC(=O)c1ccc(Cn2nc(-c3scc(Br)c3OC)oc2=O)c(OC)c1. The Morgan fingerprint density at radius 1 is 1.30 bits per heavy atom. The first kappa shape index (κ1) is 19.2. The summed E-state index contributed by atoms with van der Waals surface area (Å²) in [6, 6.07) is 4.82. The Kier molecular flexibility index (Phi) is 5.66. The Morgan fingerprint density at radius 3 is 2.74 bits per heavy atom. The highest BCUT2D eigenvalue weighted by Gasteiger charge is 2.20. The number of hydrogen-bond donors (Lipinski definition) is 0. The lowest BCUT2D eigenvalue weighted by molar-refractivity contribution is 0.0600. The topological polar surface area (TPSA) is 92.8 Å². The van der Waals surface area contributed by atoms with Crippen LogP contribution in [0.1, 0.15) is 15.9 Å². The summed E-state index contributed by atoms with van der Waals surface area (Å²) in [6.07, 6.45) is 0. The number of carbonyl (C=O) groups is 1. The third-order valence-electron chi connectivity index (χ3n) is 3.74. The van der Waals surface area contributed by atoms with E-state index in [1.165, 1.54) is 37.3 Å². The van der Waals surface area contributed by atoms with Crippen LogP contribution in [0, 0.1) is 0 Å². The van der Waals surface area contributed by atoms with Gasteiger partial charge in [0.15, 0.2) is 5.75 Å². The molecule has 2 heterocycles. The molecular formula is C17H15BrN2O6S. The van der Waals surface area contributed by atoms with Crippen LogP contribution < -0.4 is 15.2 Å². The predicted octanol–water partition coefficient (Wildman–Crippen LogP) is 3.18.